The molecule has 0 fully saturated rings. The van der Waals surface area contributed by atoms with Crippen molar-refractivity contribution in [2.75, 3.05) is 5.32 Å². The Morgan fingerprint density at radius 2 is 1.76 bits per heavy atom. The van der Waals surface area contributed by atoms with Crippen LogP contribution in [0.4, 0.5) is 18.9 Å². The topological polar surface area (TPSA) is 34.0 Å². The van der Waals surface area contributed by atoms with Crippen LogP contribution in [0.2, 0.25) is 0 Å². The molecule has 21 heavy (non-hydrogen) atoms. The van der Waals surface area contributed by atoms with Crippen molar-refractivity contribution in [1.82, 2.24) is 4.57 Å². The van der Waals surface area contributed by atoms with Crippen LogP contribution in [0, 0.1) is 13.8 Å². The molecule has 0 bridgehead atoms. The van der Waals surface area contributed by atoms with Crippen LogP contribution in [0.5, 0.6) is 0 Å². The monoisotopic (exact) mass is 296 g/mol. The molecule has 0 saturated carbocycles. The summed E-state index contributed by atoms with van der Waals surface area (Å²) in [4.78, 5) is 11.9. The highest BCUT2D eigenvalue weighted by atomic mass is 19.4. The number of nitrogens with zero attached hydrogens (tertiary/aromatic N) is 1. The fraction of sp³-hybridized carbons (Fsp3) is 0.267. The zero-order valence-electron chi connectivity index (χ0n) is 11.7. The Morgan fingerprint density at radius 3 is 2.33 bits per heavy atom. The lowest BCUT2D eigenvalue weighted by atomic mass is 10.2. The molecule has 1 aromatic heterocycles. The average molecular weight is 296 g/mol. The zero-order valence-corrected chi connectivity index (χ0v) is 11.7. The van der Waals surface area contributed by atoms with Gasteiger partial charge >= 0.3 is 6.18 Å². The number of hydrogen-bond acceptors (Lipinski definition) is 1. The molecule has 0 radical (unpaired) electrons. The first-order valence-corrected chi connectivity index (χ1v) is 6.37. The molecule has 0 aliphatic carbocycles. The molecule has 0 saturated heterocycles. The minimum Gasteiger partial charge on any atom is -0.340 e. The van der Waals surface area contributed by atoms with E-state index in [1.807, 2.05) is 26.0 Å². The van der Waals surface area contributed by atoms with E-state index in [0.717, 1.165) is 23.5 Å². The molecule has 1 aromatic carbocycles. The summed E-state index contributed by atoms with van der Waals surface area (Å²) >= 11 is 0. The van der Waals surface area contributed by atoms with Gasteiger partial charge in [-0.25, -0.2) is 0 Å². The van der Waals surface area contributed by atoms with Crippen molar-refractivity contribution in [1.29, 1.82) is 0 Å². The van der Waals surface area contributed by atoms with Gasteiger partial charge in [-0.15, -0.1) is 0 Å². The molecule has 1 heterocycles. The van der Waals surface area contributed by atoms with Gasteiger partial charge in [0.2, 0.25) is 5.91 Å². The maximum atomic E-state index is 12.6. The minimum absolute atomic E-state index is 0.0703. The Bertz CT molecular complexity index is 640. The van der Waals surface area contributed by atoms with Crippen LogP contribution in [0.15, 0.2) is 36.4 Å². The number of nitrogens with one attached hydrogen (secondary N) is 1. The van der Waals surface area contributed by atoms with Crippen molar-refractivity contribution in [3.8, 4) is 0 Å². The Labute approximate surface area is 120 Å². The van der Waals surface area contributed by atoms with Gasteiger partial charge in [0.15, 0.2) is 0 Å². The highest BCUT2D eigenvalue weighted by molar-refractivity contribution is 5.90. The van der Waals surface area contributed by atoms with E-state index in [4.69, 9.17) is 0 Å². The number of aromatic nitrogens is 1. The van der Waals surface area contributed by atoms with E-state index in [2.05, 4.69) is 5.32 Å². The summed E-state index contributed by atoms with van der Waals surface area (Å²) in [7, 11) is 0. The lowest BCUT2D eigenvalue weighted by molar-refractivity contribution is -0.137. The highest BCUT2D eigenvalue weighted by Crippen LogP contribution is 2.30. The van der Waals surface area contributed by atoms with E-state index >= 15 is 0 Å². The molecular weight excluding hydrogens is 281 g/mol. The fourth-order valence-electron chi connectivity index (χ4n) is 2.07. The molecule has 2 rings (SSSR count). The summed E-state index contributed by atoms with van der Waals surface area (Å²) in [6, 6.07) is 8.36. The maximum Gasteiger partial charge on any atom is 0.416 e. The number of aryl methyl sites for hydroxylation is 2. The fourth-order valence-corrected chi connectivity index (χ4v) is 2.07. The maximum absolute atomic E-state index is 12.6. The first kappa shape index (κ1) is 15.2. The number of carbonyl (C=O) groups is 1. The number of amides is 1. The van der Waals surface area contributed by atoms with Crippen molar-refractivity contribution < 1.29 is 18.0 Å². The number of anilines is 1. The number of halogens is 3. The van der Waals surface area contributed by atoms with Crippen molar-refractivity contribution in [3.05, 3.63) is 53.3 Å². The third-order valence-electron chi connectivity index (χ3n) is 3.19. The van der Waals surface area contributed by atoms with Crippen LogP contribution in [0.25, 0.3) is 0 Å². The van der Waals surface area contributed by atoms with Gasteiger partial charge < -0.3 is 9.88 Å². The lowest BCUT2D eigenvalue weighted by Crippen LogP contribution is -2.20. The quantitative estimate of drug-likeness (QED) is 0.919. The molecule has 0 atom stereocenters. The van der Waals surface area contributed by atoms with Crippen LogP contribution in [-0.4, -0.2) is 10.5 Å². The largest absolute Gasteiger partial charge is 0.416 e. The van der Waals surface area contributed by atoms with E-state index in [9.17, 15) is 18.0 Å². The summed E-state index contributed by atoms with van der Waals surface area (Å²) in [6.45, 7) is 3.80. The number of hydrogen-bond donors (Lipinski definition) is 1. The molecule has 112 valence electrons. The first-order chi connectivity index (χ1) is 9.77. The number of alkyl halides is 3. The van der Waals surface area contributed by atoms with E-state index in [1.165, 1.54) is 12.1 Å². The summed E-state index contributed by atoms with van der Waals surface area (Å²) in [5.41, 5.74) is 1.20. The minimum atomic E-state index is -4.42. The molecule has 1 N–H and O–H groups in total. The van der Waals surface area contributed by atoms with Crippen molar-refractivity contribution in [3.63, 3.8) is 0 Å². The summed E-state index contributed by atoms with van der Waals surface area (Å²) < 4.78 is 39.6. The molecule has 0 unspecified atom stereocenters. The van der Waals surface area contributed by atoms with Crippen molar-refractivity contribution in [2.24, 2.45) is 0 Å². The third-order valence-corrected chi connectivity index (χ3v) is 3.19. The van der Waals surface area contributed by atoms with Gasteiger partial charge in [-0.2, -0.15) is 13.2 Å². The van der Waals surface area contributed by atoms with Gasteiger partial charge in [0.25, 0.3) is 0 Å². The molecule has 6 heteroatoms. The van der Waals surface area contributed by atoms with Gasteiger partial charge in [0.1, 0.15) is 6.54 Å². The predicted molar refractivity (Wildman–Crippen MR) is 74.0 cm³/mol. The zero-order chi connectivity index (χ0) is 15.6. The van der Waals surface area contributed by atoms with Gasteiger partial charge in [0.05, 0.1) is 5.56 Å². The van der Waals surface area contributed by atoms with Crippen LogP contribution in [0.1, 0.15) is 17.0 Å². The second-order valence-corrected chi connectivity index (χ2v) is 4.83. The number of benzene rings is 1. The van der Waals surface area contributed by atoms with Gasteiger partial charge in [0, 0.05) is 17.1 Å². The molecule has 2 aromatic rings. The van der Waals surface area contributed by atoms with Gasteiger partial charge in [-0.3, -0.25) is 4.79 Å². The highest BCUT2D eigenvalue weighted by Gasteiger charge is 2.30. The second-order valence-electron chi connectivity index (χ2n) is 4.83. The van der Waals surface area contributed by atoms with E-state index < -0.39 is 11.7 Å². The Hall–Kier alpha value is -2.24. The van der Waals surface area contributed by atoms with Crippen molar-refractivity contribution in [2.45, 2.75) is 26.6 Å². The smallest absolute Gasteiger partial charge is 0.340 e. The first-order valence-electron chi connectivity index (χ1n) is 6.37. The molecule has 0 aliphatic heterocycles. The lowest BCUT2D eigenvalue weighted by Gasteiger charge is -2.12. The standard InChI is InChI=1S/C15H15F3N2O/c1-10-6-7-11(2)20(10)9-14(21)19-13-5-3-4-12(8-13)15(16,17)18/h3-8H,9H2,1-2H3,(H,19,21). The molecular formula is C15H15F3N2O. The normalized spacial score (nSPS) is 11.5. The van der Waals surface area contributed by atoms with Gasteiger partial charge in [-0.05, 0) is 44.2 Å². The van der Waals surface area contributed by atoms with Crippen LogP contribution >= 0.6 is 0 Å². The summed E-state index contributed by atoms with van der Waals surface area (Å²) in [6.07, 6.45) is -4.42. The van der Waals surface area contributed by atoms with Crippen LogP contribution in [-0.2, 0) is 17.5 Å². The Kier molecular flexibility index (Phi) is 4.06. The van der Waals surface area contributed by atoms with Crippen molar-refractivity contribution >= 4 is 11.6 Å². The number of carbonyl (C=O) groups excluding carboxylic acids is 1. The second kappa shape index (κ2) is 5.63. The SMILES string of the molecule is Cc1ccc(C)n1CC(=O)Nc1cccc(C(F)(F)F)c1. The molecule has 1 amide bonds. The van der Waals surface area contributed by atoms with E-state index in [0.29, 0.717) is 0 Å². The molecule has 0 spiro atoms. The van der Waals surface area contributed by atoms with Crippen LogP contribution in [0.3, 0.4) is 0 Å². The molecule has 3 nitrogen and oxygen atoms in total. The molecule has 0 aliphatic rings. The van der Waals surface area contributed by atoms with Crippen LogP contribution < -0.4 is 5.32 Å². The number of rotatable bonds is 3. The predicted octanol–water partition coefficient (Wildman–Crippen LogP) is 3.76. The summed E-state index contributed by atoms with van der Waals surface area (Å²) in [5.74, 6) is -0.364. The van der Waals surface area contributed by atoms with E-state index in [-0.39, 0.29) is 18.1 Å². The van der Waals surface area contributed by atoms with Gasteiger partial charge in [-0.1, -0.05) is 6.07 Å². The Balaban J connectivity index is 2.10. The summed E-state index contributed by atoms with van der Waals surface area (Å²) in [5, 5.41) is 2.49. The average Bonchev–Trinajstić information content (AvgIpc) is 2.70. The Morgan fingerprint density at radius 1 is 1.14 bits per heavy atom. The van der Waals surface area contributed by atoms with E-state index in [1.54, 1.807) is 4.57 Å². The third kappa shape index (κ3) is 3.65.